The molecule has 8 heteroatoms. The molecule has 0 bridgehead atoms. The van der Waals surface area contributed by atoms with Gasteiger partial charge in [-0.05, 0) is 45.4 Å². The number of benzene rings is 1. The normalized spacial score (nSPS) is 38.5. The highest BCUT2D eigenvalue weighted by Gasteiger charge is 2.71. The van der Waals surface area contributed by atoms with Gasteiger partial charge in [-0.3, -0.25) is 0 Å². The van der Waals surface area contributed by atoms with E-state index in [1.54, 1.807) is 19.1 Å². The molecule has 2 aromatic rings. The van der Waals surface area contributed by atoms with Crippen molar-refractivity contribution in [2.24, 2.45) is 0 Å². The van der Waals surface area contributed by atoms with Gasteiger partial charge in [-0.2, -0.15) is 0 Å². The lowest BCUT2D eigenvalue weighted by Crippen LogP contribution is -2.82. The summed E-state index contributed by atoms with van der Waals surface area (Å²) in [6, 6.07) is 6.16. The second kappa shape index (κ2) is 6.27. The molecule has 1 fully saturated rings. The van der Waals surface area contributed by atoms with E-state index in [9.17, 15) is 25.2 Å². The van der Waals surface area contributed by atoms with Crippen LogP contribution < -0.4 is 10.4 Å². The third-order valence-corrected chi connectivity index (χ3v) is 6.21. The summed E-state index contributed by atoms with van der Waals surface area (Å²) in [5, 5.41) is 43.1. The highest BCUT2D eigenvalue weighted by Crippen LogP contribution is 2.49. The van der Waals surface area contributed by atoms with Gasteiger partial charge in [-0.15, -0.1) is 0 Å². The summed E-state index contributed by atoms with van der Waals surface area (Å²) in [4.78, 5) is 11.6. The Morgan fingerprint density at radius 1 is 1.07 bits per heavy atom. The molecule has 1 aromatic heterocycles. The number of rotatable bonds is 3. The van der Waals surface area contributed by atoms with E-state index in [-0.39, 0.29) is 5.75 Å². The quantitative estimate of drug-likeness (QED) is 0.564. The van der Waals surface area contributed by atoms with Crippen LogP contribution in [0.25, 0.3) is 11.0 Å². The maximum atomic E-state index is 11.6. The number of aliphatic hydroxyl groups excluding tert-OH is 1. The van der Waals surface area contributed by atoms with Gasteiger partial charge in [-0.1, -0.05) is 0 Å². The Labute approximate surface area is 161 Å². The fourth-order valence-electron chi connectivity index (χ4n) is 3.68. The van der Waals surface area contributed by atoms with E-state index in [1.807, 2.05) is 0 Å². The second-order valence-electron chi connectivity index (χ2n) is 8.04. The first-order valence-electron chi connectivity index (χ1n) is 8.96. The minimum absolute atomic E-state index is 0.207. The molecule has 0 radical (unpaired) electrons. The Hall–Kier alpha value is -1.97. The molecule has 8 nitrogen and oxygen atoms in total. The van der Waals surface area contributed by atoms with Crippen LogP contribution in [0.15, 0.2) is 33.5 Å². The number of ether oxygens (including phenoxy) is 2. The molecule has 0 amide bonds. The summed E-state index contributed by atoms with van der Waals surface area (Å²) in [6.07, 6.45) is -1.23. The maximum Gasteiger partial charge on any atom is 0.336 e. The van der Waals surface area contributed by atoms with Crippen LogP contribution in [0.3, 0.4) is 0 Å². The predicted molar refractivity (Wildman–Crippen MR) is 100 cm³/mol. The second-order valence-corrected chi connectivity index (χ2v) is 8.04. The first kappa shape index (κ1) is 20.8. The molecule has 1 aromatic carbocycles. The molecule has 4 N–H and O–H groups in total. The molecule has 5 atom stereocenters. The molecule has 3 rings (SSSR count). The highest BCUT2D eigenvalue weighted by molar-refractivity contribution is 5.81. The van der Waals surface area contributed by atoms with Gasteiger partial charge in [0.2, 0.25) is 5.79 Å². The van der Waals surface area contributed by atoms with Crippen LogP contribution in [0.2, 0.25) is 0 Å². The van der Waals surface area contributed by atoms with Crippen molar-refractivity contribution in [3.05, 3.63) is 40.2 Å². The van der Waals surface area contributed by atoms with E-state index >= 15 is 0 Å². The van der Waals surface area contributed by atoms with Gasteiger partial charge in [0.25, 0.3) is 0 Å². The van der Waals surface area contributed by atoms with Gasteiger partial charge >= 0.3 is 5.63 Å². The Kier molecular flexibility index (Phi) is 4.64. The van der Waals surface area contributed by atoms with Crippen molar-refractivity contribution in [1.82, 2.24) is 0 Å². The predicted octanol–water partition coefficient (Wildman–Crippen LogP) is 0.841. The van der Waals surface area contributed by atoms with E-state index in [4.69, 9.17) is 13.9 Å². The molecule has 0 spiro atoms. The topological polar surface area (TPSA) is 130 Å². The van der Waals surface area contributed by atoms with E-state index in [1.165, 1.54) is 39.8 Å². The smallest absolute Gasteiger partial charge is 0.336 e. The number of aliphatic hydroxyl groups is 4. The molecule has 0 saturated carbocycles. The first-order chi connectivity index (χ1) is 12.8. The van der Waals surface area contributed by atoms with Crippen LogP contribution in [0.5, 0.6) is 5.75 Å². The van der Waals surface area contributed by atoms with E-state index in [0.717, 1.165) is 10.9 Å². The average Bonchev–Trinajstić information content (AvgIpc) is 2.57. The molecule has 0 unspecified atom stereocenters. The summed E-state index contributed by atoms with van der Waals surface area (Å²) in [7, 11) is 0. The average molecular weight is 394 g/mol. The first-order valence-corrected chi connectivity index (χ1v) is 8.96. The highest BCUT2D eigenvalue weighted by atomic mass is 16.7. The zero-order chi connectivity index (χ0) is 21.1. The van der Waals surface area contributed by atoms with Crippen LogP contribution in [0.4, 0.5) is 0 Å². The Balaban J connectivity index is 2.07. The summed E-state index contributed by atoms with van der Waals surface area (Å²) in [6.45, 7) is 6.37. The third kappa shape index (κ3) is 2.75. The lowest BCUT2D eigenvalue weighted by molar-refractivity contribution is -0.415. The molecule has 28 heavy (non-hydrogen) atoms. The van der Waals surface area contributed by atoms with E-state index in [2.05, 4.69) is 0 Å². The van der Waals surface area contributed by atoms with Gasteiger partial charge in [0, 0.05) is 24.4 Å². The van der Waals surface area contributed by atoms with Crippen molar-refractivity contribution < 1.29 is 34.3 Å². The largest absolute Gasteiger partial charge is 0.459 e. The van der Waals surface area contributed by atoms with Crippen molar-refractivity contribution in [3.8, 4) is 5.75 Å². The molecule has 0 aliphatic carbocycles. The zero-order valence-corrected chi connectivity index (χ0v) is 16.5. The third-order valence-electron chi connectivity index (χ3n) is 6.21. The van der Waals surface area contributed by atoms with Gasteiger partial charge in [0.05, 0.1) is 6.61 Å². The Morgan fingerprint density at radius 2 is 1.71 bits per heavy atom. The van der Waals surface area contributed by atoms with Crippen LogP contribution in [-0.2, 0) is 4.74 Å². The standard InChI is InChI=1S/C20H26O8/c1-11-8-16(22)26-14-9-12(6-7-13(11)14)27-20(5)19(4,25)18(3,24)17(2,23)15(10-21)28-20/h6-9,15,21,23-25H,10H2,1-5H3/t15-,17+,18-,19+,20-/m1/s1. The van der Waals surface area contributed by atoms with Gasteiger partial charge in [0.15, 0.2) is 5.60 Å². The molecular formula is C20H26O8. The molecule has 1 aliphatic heterocycles. The Morgan fingerprint density at radius 3 is 2.32 bits per heavy atom. The summed E-state index contributed by atoms with van der Waals surface area (Å²) in [5.74, 6) is -1.64. The van der Waals surface area contributed by atoms with E-state index in [0.29, 0.717) is 5.58 Å². The van der Waals surface area contributed by atoms with Crippen molar-refractivity contribution in [2.75, 3.05) is 6.61 Å². The van der Waals surface area contributed by atoms with Gasteiger partial charge in [0.1, 0.15) is 28.6 Å². The van der Waals surface area contributed by atoms with Crippen LogP contribution in [0.1, 0.15) is 33.3 Å². The SMILES string of the molecule is Cc1cc(=O)oc2cc(O[C@]3(C)O[C@H](CO)[C@](C)(O)[C@@](C)(O)[C@]3(C)O)ccc12. The van der Waals surface area contributed by atoms with Crippen LogP contribution in [0, 0.1) is 6.92 Å². The summed E-state index contributed by atoms with van der Waals surface area (Å²) in [5.41, 5.74) is -5.61. The van der Waals surface area contributed by atoms with Crippen molar-refractivity contribution in [1.29, 1.82) is 0 Å². The van der Waals surface area contributed by atoms with Crippen molar-refractivity contribution in [2.45, 2.75) is 63.3 Å². The molecule has 154 valence electrons. The molecule has 1 saturated heterocycles. The molecular weight excluding hydrogens is 368 g/mol. The van der Waals surface area contributed by atoms with E-state index < -0.39 is 40.9 Å². The lowest BCUT2D eigenvalue weighted by Gasteiger charge is -2.61. The number of fused-ring (bicyclic) bond motifs is 1. The zero-order valence-electron chi connectivity index (χ0n) is 16.5. The monoisotopic (exact) mass is 394 g/mol. The Bertz CT molecular complexity index is 958. The van der Waals surface area contributed by atoms with Gasteiger partial charge < -0.3 is 34.3 Å². The fourth-order valence-corrected chi connectivity index (χ4v) is 3.68. The van der Waals surface area contributed by atoms with Gasteiger partial charge in [-0.25, -0.2) is 4.79 Å². The number of aryl methyl sites for hydroxylation is 1. The fraction of sp³-hybridized carbons (Fsp3) is 0.550. The summed E-state index contributed by atoms with van der Waals surface area (Å²) < 4.78 is 16.8. The van der Waals surface area contributed by atoms with Crippen molar-refractivity contribution >= 4 is 11.0 Å². The maximum absolute atomic E-state index is 11.6. The molecule has 1 aliphatic rings. The number of hydrogen-bond acceptors (Lipinski definition) is 8. The lowest BCUT2D eigenvalue weighted by atomic mass is 9.65. The minimum Gasteiger partial charge on any atom is -0.459 e. The molecule has 2 heterocycles. The minimum atomic E-state index is -2.10. The number of hydrogen-bond donors (Lipinski definition) is 4. The van der Waals surface area contributed by atoms with Crippen molar-refractivity contribution in [3.63, 3.8) is 0 Å². The van der Waals surface area contributed by atoms with Crippen LogP contribution in [-0.4, -0.2) is 55.7 Å². The van der Waals surface area contributed by atoms with Crippen LogP contribution >= 0.6 is 0 Å². The summed E-state index contributed by atoms with van der Waals surface area (Å²) >= 11 is 0.